The maximum atomic E-state index is 12.8. The summed E-state index contributed by atoms with van der Waals surface area (Å²) < 4.78 is 27.0. The molecule has 2 N–H and O–H groups in total. The van der Waals surface area contributed by atoms with Crippen molar-refractivity contribution in [1.29, 1.82) is 0 Å². The van der Waals surface area contributed by atoms with Gasteiger partial charge in [0.1, 0.15) is 15.6 Å². The third-order valence-electron chi connectivity index (χ3n) is 4.81. The van der Waals surface area contributed by atoms with Crippen LogP contribution in [-0.4, -0.2) is 46.8 Å². The van der Waals surface area contributed by atoms with Gasteiger partial charge in [0, 0.05) is 19.3 Å². The average Bonchev–Trinajstić information content (AvgIpc) is 3.40. The predicted molar refractivity (Wildman–Crippen MR) is 114 cm³/mol. The van der Waals surface area contributed by atoms with Gasteiger partial charge in [-0.2, -0.15) is 4.31 Å². The lowest BCUT2D eigenvalue weighted by molar-refractivity contribution is 0.102. The van der Waals surface area contributed by atoms with Crippen LogP contribution in [-0.2, 0) is 10.0 Å². The Morgan fingerprint density at radius 2 is 1.97 bits per heavy atom. The quantitative estimate of drug-likeness (QED) is 0.584. The number of rotatable bonds is 5. The first-order valence-electron chi connectivity index (χ1n) is 9.39. The van der Waals surface area contributed by atoms with Crippen molar-refractivity contribution in [1.82, 2.24) is 14.3 Å². The lowest BCUT2D eigenvalue weighted by atomic mass is 10.2. The fraction of sp³-hybridized carbons (Fsp3) is 0.250. The molecule has 1 aliphatic heterocycles. The molecule has 1 saturated heterocycles. The molecule has 1 aliphatic rings. The largest absolute Gasteiger partial charge is 0.506 e. The SMILES string of the molecule is Cc1nc(-c2ccccn2)sc1C(=O)Nc1cc(S(=O)(=O)N2CCCC2)ccc1O. The zero-order chi connectivity index (χ0) is 21.3. The molecular weight excluding hydrogens is 424 g/mol. The van der Waals surface area contributed by atoms with Gasteiger partial charge < -0.3 is 10.4 Å². The van der Waals surface area contributed by atoms with Crippen LogP contribution in [0.1, 0.15) is 28.2 Å². The molecule has 2 aromatic heterocycles. The van der Waals surface area contributed by atoms with Crippen molar-refractivity contribution >= 4 is 33.0 Å². The van der Waals surface area contributed by atoms with Gasteiger partial charge in [0.2, 0.25) is 10.0 Å². The van der Waals surface area contributed by atoms with Crippen LogP contribution >= 0.6 is 11.3 Å². The summed E-state index contributed by atoms with van der Waals surface area (Å²) in [6.45, 7) is 2.66. The number of sulfonamides is 1. The number of phenols is 1. The molecule has 30 heavy (non-hydrogen) atoms. The number of hydrogen-bond donors (Lipinski definition) is 2. The highest BCUT2D eigenvalue weighted by atomic mass is 32.2. The summed E-state index contributed by atoms with van der Waals surface area (Å²) in [5.74, 6) is -0.686. The molecule has 1 fully saturated rings. The zero-order valence-electron chi connectivity index (χ0n) is 16.2. The van der Waals surface area contributed by atoms with Crippen molar-refractivity contribution in [3.8, 4) is 16.5 Å². The first-order valence-corrected chi connectivity index (χ1v) is 11.7. The molecule has 3 heterocycles. The minimum Gasteiger partial charge on any atom is -0.506 e. The van der Waals surface area contributed by atoms with E-state index in [-0.39, 0.29) is 16.3 Å². The van der Waals surface area contributed by atoms with E-state index in [1.807, 2.05) is 6.07 Å². The van der Waals surface area contributed by atoms with Gasteiger partial charge >= 0.3 is 0 Å². The first-order chi connectivity index (χ1) is 14.4. The molecule has 8 nitrogen and oxygen atoms in total. The van der Waals surface area contributed by atoms with Gasteiger partial charge in [0.25, 0.3) is 5.91 Å². The van der Waals surface area contributed by atoms with Crippen molar-refractivity contribution in [2.24, 2.45) is 0 Å². The number of phenolic OH excluding ortho intramolecular Hbond substituents is 1. The maximum Gasteiger partial charge on any atom is 0.267 e. The minimum absolute atomic E-state index is 0.0347. The number of carbonyl (C=O) groups is 1. The molecule has 0 spiro atoms. The summed E-state index contributed by atoms with van der Waals surface area (Å²) in [5, 5.41) is 13.4. The predicted octanol–water partition coefficient (Wildman–Crippen LogP) is 3.26. The lowest BCUT2D eigenvalue weighted by Crippen LogP contribution is -2.28. The van der Waals surface area contributed by atoms with E-state index in [0.29, 0.717) is 34.4 Å². The van der Waals surface area contributed by atoms with E-state index in [0.717, 1.165) is 12.8 Å². The first kappa shape index (κ1) is 20.5. The zero-order valence-corrected chi connectivity index (χ0v) is 17.8. The van der Waals surface area contributed by atoms with E-state index in [2.05, 4.69) is 15.3 Å². The minimum atomic E-state index is -3.67. The Hall–Kier alpha value is -2.82. The Bertz CT molecular complexity index is 1190. The summed E-state index contributed by atoms with van der Waals surface area (Å²) >= 11 is 1.18. The highest BCUT2D eigenvalue weighted by Gasteiger charge is 2.28. The van der Waals surface area contributed by atoms with E-state index >= 15 is 0 Å². The number of thiazole rings is 1. The van der Waals surface area contributed by atoms with E-state index in [1.54, 1.807) is 25.3 Å². The molecule has 0 aliphatic carbocycles. The monoisotopic (exact) mass is 444 g/mol. The summed E-state index contributed by atoms with van der Waals surface area (Å²) in [4.78, 5) is 21.9. The summed E-state index contributed by atoms with van der Waals surface area (Å²) in [5.41, 5.74) is 1.22. The topological polar surface area (TPSA) is 112 Å². The van der Waals surface area contributed by atoms with Crippen molar-refractivity contribution < 1.29 is 18.3 Å². The molecule has 1 aromatic carbocycles. The van der Waals surface area contributed by atoms with Crippen LogP contribution in [0.25, 0.3) is 10.7 Å². The second-order valence-electron chi connectivity index (χ2n) is 6.89. The molecule has 0 radical (unpaired) electrons. The van der Waals surface area contributed by atoms with Crippen molar-refractivity contribution in [3.05, 3.63) is 53.2 Å². The molecule has 156 valence electrons. The summed E-state index contributed by atoms with van der Waals surface area (Å²) in [6.07, 6.45) is 3.30. The Labute approximate surface area is 178 Å². The highest BCUT2D eigenvalue weighted by molar-refractivity contribution is 7.89. The molecule has 0 bridgehead atoms. The van der Waals surface area contributed by atoms with Crippen LogP contribution in [0, 0.1) is 6.92 Å². The fourth-order valence-corrected chi connectivity index (χ4v) is 5.72. The number of carbonyl (C=O) groups excluding carboxylic acids is 1. The smallest absolute Gasteiger partial charge is 0.267 e. The number of hydrogen-bond acceptors (Lipinski definition) is 7. The van der Waals surface area contributed by atoms with Gasteiger partial charge in [-0.3, -0.25) is 9.78 Å². The average molecular weight is 445 g/mol. The molecule has 0 atom stereocenters. The Balaban J connectivity index is 1.60. The third kappa shape index (κ3) is 3.93. The van der Waals surface area contributed by atoms with Gasteiger partial charge in [0.05, 0.1) is 22.0 Å². The molecule has 4 rings (SSSR count). The van der Waals surface area contributed by atoms with Crippen LogP contribution in [0.5, 0.6) is 5.75 Å². The number of amides is 1. The molecule has 3 aromatic rings. The number of nitrogens with one attached hydrogen (secondary N) is 1. The van der Waals surface area contributed by atoms with E-state index in [4.69, 9.17) is 0 Å². The van der Waals surface area contributed by atoms with Gasteiger partial charge in [-0.05, 0) is 50.1 Å². The van der Waals surface area contributed by atoms with Gasteiger partial charge in [-0.25, -0.2) is 13.4 Å². The van der Waals surface area contributed by atoms with Gasteiger partial charge in [-0.1, -0.05) is 6.07 Å². The van der Waals surface area contributed by atoms with E-state index in [1.165, 1.54) is 33.8 Å². The van der Waals surface area contributed by atoms with E-state index < -0.39 is 15.9 Å². The number of benzene rings is 1. The Morgan fingerprint density at radius 3 is 2.67 bits per heavy atom. The van der Waals surface area contributed by atoms with Gasteiger partial charge in [0.15, 0.2) is 0 Å². The van der Waals surface area contributed by atoms with Crippen molar-refractivity contribution in [3.63, 3.8) is 0 Å². The number of aromatic hydroxyl groups is 1. The van der Waals surface area contributed by atoms with Crippen LogP contribution in [0.3, 0.4) is 0 Å². The second-order valence-corrected chi connectivity index (χ2v) is 9.83. The molecule has 10 heteroatoms. The standard InChI is InChI=1S/C20H20N4O4S2/c1-13-18(29-20(22-13)15-6-2-3-9-21-15)19(26)23-16-12-14(7-8-17(16)25)30(27,28)24-10-4-5-11-24/h2-3,6-9,12,25H,4-5,10-11H2,1H3,(H,23,26). The number of anilines is 1. The molecule has 0 unspecified atom stereocenters. The van der Waals surface area contributed by atoms with Crippen LogP contribution < -0.4 is 5.32 Å². The van der Waals surface area contributed by atoms with Crippen LogP contribution in [0.4, 0.5) is 5.69 Å². The maximum absolute atomic E-state index is 12.8. The molecular formula is C20H20N4O4S2. The Kier molecular flexibility index (Phi) is 5.54. The summed E-state index contributed by atoms with van der Waals surface area (Å²) in [6, 6.07) is 9.34. The van der Waals surface area contributed by atoms with Gasteiger partial charge in [-0.15, -0.1) is 11.3 Å². The van der Waals surface area contributed by atoms with E-state index in [9.17, 15) is 18.3 Å². The van der Waals surface area contributed by atoms with Crippen molar-refractivity contribution in [2.75, 3.05) is 18.4 Å². The van der Waals surface area contributed by atoms with Crippen LogP contribution in [0.2, 0.25) is 0 Å². The highest BCUT2D eigenvalue weighted by Crippen LogP contribution is 2.31. The normalized spacial score (nSPS) is 14.7. The molecule has 1 amide bonds. The summed E-state index contributed by atoms with van der Waals surface area (Å²) in [7, 11) is -3.67. The fourth-order valence-electron chi connectivity index (χ4n) is 3.24. The third-order valence-corrected chi connectivity index (χ3v) is 7.88. The van der Waals surface area contributed by atoms with Crippen molar-refractivity contribution in [2.45, 2.75) is 24.7 Å². The number of pyridine rings is 1. The Morgan fingerprint density at radius 1 is 1.20 bits per heavy atom. The van der Waals surface area contributed by atoms with Crippen LogP contribution in [0.15, 0.2) is 47.5 Å². The number of aromatic nitrogens is 2. The number of nitrogens with zero attached hydrogens (tertiary/aromatic N) is 3. The second kappa shape index (κ2) is 8.13. The number of aryl methyl sites for hydroxylation is 1. The lowest BCUT2D eigenvalue weighted by Gasteiger charge is -2.16. The molecule has 0 saturated carbocycles.